The molecule has 0 radical (unpaired) electrons. The number of nitrogens with zero attached hydrogens (tertiary/aromatic N) is 1. The van der Waals surface area contributed by atoms with Crippen LogP contribution < -0.4 is 10.1 Å². The van der Waals surface area contributed by atoms with Gasteiger partial charge in [-0.05, 0) is 74.8 Å². The van der Waals surface area contributed by atoms with E-state index in [1.54, 1.807) is 0 Å². The monoisotopic (exact) mass is 450 g/mol. The summed E-state index contributed by atoms with van der Waals surface area (Å²) in [6.45, 7) is 7.82. The Bertz CT molecular complexity index is 913. The standard InChI is InChI=1S/C28H38N2O3/c1-4-18-30(21(3)5-2)24-15-16-25-23(19-24)12-9-13-26(25)33-28(32)20-29-27(31)17-14-22-10-7-6-8-11-22/h6-13,21,24H,4-5,14-20H2,1-3H3,(H,29,31)/t21-,24+/m1/s1. The summed E-state index contributed by atoms with van der Waals surface area (Å²) in [5, 5.41) is 2.69. The third-order valence-electron chi connectivity index (χ3n) is 6.66. The molecule has 5 heteroatoms. The second-order valence-corrected chi connectivity index (χ2v) is 9.02. The molecule has 0 saturated carbocycles. The lowest BCUT2D eigenvalue weighted by Gasteiger charge is -2.39. The third-order valence-corrected chi connectivity index (χ3v) is 6.66. The van der Waals surface area contributed by atoms with Gasteiger partial charge in [0.2, 0.25) is 5.91 Å². The number of nitrogens with one attached hydrogen (secondary N) is 1. The van der Waals surface area contributed by atoms with E-state index in [9.17, 15) is 9.59 Å². The van der Waals surface area contributed by atoms with Gasteiger partial charge in [0.05, 0.1) is 0 Å². The van der Waals surface area contributed by atoms with Crippen LogP contribution in [0.4, 0.5) is 0 Å². The van der Waals surface area contributed by atoms with Crippen LogP contribution in [0.25, 0.3) is 0 Å². The molecule has 0 unspecified atom stereocenters. The summed E-state index contributed by atoms with van der Waals surface area (Å²) < 4.78 is 5.67. The Kier molecular flexibility index (Phi) is 9.49. The molecule has 0 spiro atoms. The number of aryl methyl sites for hydroxylation is 1. The molecule has 1 N–H and O–H groups in total. The Morgan fingerprint density at radius 3 is 2.64 bits per heavy atom. The number of carbonyl (C=O) groups is 2. The normalized spacial score (nSPS) is 16.2. The fraction of sp³-hybridized carbons (Fsp3) is 0.500. The second-order valence-electron chi connectivity index (χ2n) is 9.02. The molecule has 0 saturated heterocycles. The quantitative estimate of drug-likeness (QED) is 0.398. The van der Waals surface area contributed by atoms with Gasteiger partial charge in [0, 0.05) is 18.5 Å². The minimum absolute atomic E-state index is 0.113. The van der Waals surface area contributed by atoms with Gasteiger partial charge in [0.1, 0.15) is 12.3 Å². The minimum atomic E-state index is -0.425. The van der Waals surface area contributed by atoms with E-state index in [0.29, 0.717) is 30.7 Å². The van der Waals surface area contributed by atoms with Crippen molar-refractivity contribution in [3.8, 4) is 5.75 Å². The molecule has 2 aromatic rings. The van der Waals surface area contributed by atoms with E-state index in [1.165, 1.54) is 5.56 Å². The fourth-order valence-electron chi connectivity index (χ4n) is 4.71. The van der Waals surface area contributed by atoms with Crippen molar-refractivity contribution >= 4 is 11.9 Å². The lowest BCUT2D eigenvalue weighted by Crippen LogP contribution is -2.45. The van der Waals surface area contributed by atoms with Gasteiger partial charge in [-0.25, -0.2) is 4.79 Å². The molecule has 0 heterocycles. The first-order valence-corrected chi connectivity index (χ1v) is 12.4. The topological polar surface area (TPSA) is 58.6 Å². The molecular formula is C28H38N2O3. The minimum Gasteiger partial charge on any atom is -0.425 e. The van der Waals surface area contributed by atoms with E-state index in [-0.39, 0.29) is 12.5 Å². The van der Waals surface area contributed by atoms with Crippen molar-refractivity contribution in [1.82, 2.24) is 10.2 Å². The van der Waals surface area contributed by atoms with Gasteiger partial charge >= 0.3 is 5.97 Å². The van der Waals surface area contributed by atoms with Gasteiger partial charge in [-0.2, -0.15) is 0 Å². The van der Waals surface area contributed by atoms with Gasteiger partial charge in [0.25, 0.3) is 0 Å². The van der Waals surface area contributed by atoms with Crippen LogP contribution in [0.3, 0.4) is 0 Å². The number of benzene rings is 2. The van der Waals surface area contributed by atoms with Crippen molar-refractivity contribution in [2.75, 3.05) is 13.1 Å². The van der Waals surface area contributed by atoms with Crippen LogP contribution in [-0.4, -0.2) is 41.9 Å². The number of fused-ring (bicyclic) bond motifs is 1. The van der Waals surface area contributed by atoms with Crippen molar-refractivity contribution in [2.45, 2.75) is 77.8 Å². The summed E-state index contributed by atoms with van der Waals surface area (Å²) in [7, 11) is 0. The Labute approximate surface area is 198 Å². The molecule has 5 nitrogen and oxygen atoms in total. The first-order valence-electron chi connectivity index (χ1n) is 12.4. The van der Waals surface area contributed by atoms with Crippen molar-refractivity contribution in [1.29, 1.82) is 0 Å². The lowest BCUT2D eigenvalue weighted by molar-refractivity contribution is -0.135. The van der Waals surface area contributed by atoms with Gasteiger partial charge in [0.15, 0.2) is 0 Å². The van der Waals surface area contributed by atoms with Crippen molar-refractivity contribution < 1.29 is 14.3 Å². The predicted octanol–water partition coefficient (Wildman–Crippen LogP) is 4.71. The number of ether oxygens (including phenoxy) is 1. The summed E-state index contributed by atoms with van der Waals surface area (Å²) in [6, 6.07) is 17.0. The third kappa shape index (κ3) is 7.16. The molecule has 0 bridgehead atoms. The van der Waals surface area contributed by atoms with Crippen LogP contribution in [0.2, 0.25) is 0 Å². The number of rotatable bonds is 11. The average molecular weight is 451 g/mol. The average Bonchev–Trinajstić information content (AvgIpc) is 2.84. The highest BCUT2D eigenvalue weighted by Gasteiger charge is 2.28. The maximum absolute atomic E-state index is 12.4. The predicted molar refractivity (Wildman–Crippen MR) is 132 cm³/mol. The highest BCUT2D eigenvalue weighted by atomic mass is 16.5. The van der Waals surface area contributed by atoms with Crippen LogP contribution in [0.5, 0.6) is 5.75 Å². The summed E-state index contributed by atoms with van der Waals surface area (Å²) in [5.41, 5.74) is 3.52. The van der Waals surface area contributed by atoms with E-state index in [1.807, 2.05) is 42.5 Å². The molecule has 3 rings (SSSR count). The number of esters is 1. The Balaban J connectivity index is 1.53. The molecular weight excluding hydrogens is 412 g/mol. The summed E-state index contributed by atoms with van der Waals surface area (Å²) in [4.78, 5) is 27.2. The SMILES string of the molecule is CCCN([C@H]1CCc2c(cccc2OC(=O)CNC(=O)CCc2ccccc2)C1)[C@H](C)CC. The molecule has 1 aliphatic carbocycles. The van der Waals surface area contributed by atoms with Crippen molar-refractivity contribution in [3.63, 3.8) is 0 Å². The molecule has 0 fully saturated rings. The van der Waals surface area contributed by atoms with Gasteiger partial charge in [-0.3, -0.25) is 9.69 Å². The summed E-state index contributed by atoms with van der Waals surface area (Å²) in [6.07, 6.45) is 6.28. The van der Waals surface area contributed by atoms with Gasteiger partial charge < -0.3 is 10.1 Å². The summed E-state index contributed by atoms with van der Waals surface area (Å²) in [5.74, 6) is 0.0701. The smallest absolute Gasteiger partial charge is 0.330 e. The number of amides is 1. The maximum Gasteiger partial charge on any atom is 0.330 e. The molecule has 2 atom stereocenters. The molecule has 0 aliphatic heterocycles. The molecule has 178 valence electrons. The summed E-state index contributed by atoms with van der Waals surface area (Å²) >= 11 is 0. The van der Waals surface area contributed by atoms with Gasteiger partial charge in [-0.15, -0.1) is 0 Å². The van der Waals surface area contributed by atoms with E-state index in [4.69, 9.17) is 4.74 Å². The highest BCUT2D eigenvalue weighted by molar-refractivity contribution is 5.83. The van der Waals surface area contributed by atoms with Crippen molar-refractivity contribution in [2.24, 2.45) is 0 Å². The van der Waals surface area contributed by atoms with Crippen LogP contribution >= 0.6 is 0 Å². The van der Waals surface area contributed by atoms with Gasteiger partial charge in [-0.1, -0.05) is 56.3 Å². The lowest BCUT2D eigenvalue weighted by atomic mass is 9.86. The van der Waals surface area contributed by atoms with Crippen LogP contribution in [0.15, 0.2) is 48.5 Å². The Morgan fingerprint density at radius 1 is 1.12 bits per heavy atom. The van der Waals surface area contributed by atoms with Crippen LogP contribution in [-0.2, 0) is 28.9 Å². The zero-order valence-electron chi connectivity index (χ0n) is 20.3. The zero-order chi connectivity index (χ0) is 23.6. The first kappa shape index (κ1) is 25.0. The second kappa shape index (κ2) is 12.5. The number of carbonyl (C=O) groups excluding carboxylic acids is 2. The van der Waals surface area contributed by atoms with E-state index in [2.05, 4.69) is 37.1 Å². The first-order chi connectivity index (χ1) is 16.0. The molecule has 1 amide bonds. The fourth-order valence-corrected chi connectivity index (χ4v) is 4.71. The van der Waals surface area contributed by atoms with E-state index in [0.717, 1.165) is 49.8 Å². The molecule has 2 aromatic carbocycles. The van der Waals surface area contributed by atoms with Crippen LogP contribution in [0.1, 0.15) is 63.1 Å². The molecule has 1 aliphatic rings. The molecule has 33 heavy (non-hydrogen) atoms. The molecule has 0 aromatic heterocycles. The van der Waals surface area contributed by atoms with E-state index < -0.39 is 5.97 Å². The highest BCUT2D eigenvalue weighted by Crippen LogP contribution is 2.32. The number of hydrogen-bond acceptors (Lipinski definition) is 4. The van der Waals surface area contributed by atoms with Crippen molar-refractivity contribution in [3.05, 3.63) is 65.2 Å². The number of hydrogen-bond donors (Lipinski definition) is 1. The van der Waals surface area contributed by atoms with Crippen LogP contribution in [0, 0.1) is 0 Å². The zero-order valence-corrected chi connectivity index (χ0v) is 20.3. The Morgan fingerprint density at radius 2 is 1.91 bits per heavy atom. The van der Waals surface area contributed by atoms with E-state index >= 15 is 0 Å². The maximum atomic E-state index is 12.4. The largest absolute Gasteiger partial charge is 0.425 e. The Hall–Kier alpha value is -2.66.